The summed E-state index contributed by atoms with van der Waals surface area (Å²) in [6.45, 7) is 0. The molecular weight excluding hydrogens is 192 g/mol. The highest BCUT2D eigenvalue weighted by Crippen LogP contribution is 2.17. The second-order valence-electron chi connectivity index (χ2n) is 3.14. The fourth-order valence-electron chi connectivity index (χ4n) is 1.34. The summed E-state index contributed by atoms with van der Waals surface area (Å²) in [5.74, 6) is 0.430. The Morgan fingerprint density at radius 2 is 2.07 bits per heavy atom. The molecule has 0 spiro atoms. The third kappa shape index (κ3) is 1.96. The van der Waals surface area contributed by atoms with E-state index >= 15 is 0 Å². The smallest absolute Gasteiger partial charge is 0.317 e. The highest BCUT2D eigenvalue weighted by molar-refractivity contribution is 5.89. The van der Waals surface area contributed by atoms with Gasteiger partial charge in [-0.05, 0) is 30.3 Å². The van der Waals surface area contributed by atoms with Crippen LogP contribution in [0.1, 0.15) is 0 Å². The summed E-state index contributed by atoms with van der Waals surface area (Å²) in [6, 6.07) is 8.23. The van der Waals surface area contributed by atoms with E-state index in [2.05, 4.69) is 10.3 Å². The average molecular weight is 202 g/mol. The van der Waals surface area contributed by atoms with Crippen molar-refractivity contribution >= 4 is 28.4 Å². The number of benzene rings is 1. The molecule has 0 aliphatic carbocycles. The summed E-state index contributed by atoms with van der Waals surface area (Å²) >= 11 is 0. The van der Waals surface area contributed by atoms with Gasteiger partial charge < -0.3 is 11.5 Å². The predicted molar refractivity (Wildman–Crippen MR) is 59.4 cm³/mol. The Kier molecular flexibility index (Phi) is 2.13. The van der Waals surface area contributed by atoms with Gasteiger partial charge in [0, 0.05) is 11.1 Å². The van der Waals surface area contributed by atoms with Gasteiger partial charge >= 0.3 is 6.03 Å². The van der Waals surface area contributed by atoms with E-state index in [1.165, 1.54) is 0 Å². The topological polar surface area (TPSA) is 94.0 Å². The van der Waals surface area contributed by atoms with Crippen LogP contribution < -0.4 is 16.8 Å². The van der Waals surface area contributed by atoms with Crippen molar-refractivity contribution in [3.63, 3.8) is 0 Å². The van der Waals surface area contributed by atoms with Crippen LogP contribution >= 0.6 is 0 Å². The average Bonchev–Trinajstić information content (AvgIpc) is 2.17. The molecular formula is C10H10N4O. The first-order valence-electron chi connectivity index (χ1n) is 4.38. The number of carbonyl (C=O) groups excluding carboxylic acids is 1. The number of nitrogens with zero attached hydrogens (tertiary/aromatic N) is 1. The van der Waals surface area contributed by atoms with Crippen molar-refractivity contribution < 1.29 is 4.79 Å². The lowest BCUT2D eigenvalue weighted by atomic mass is 10.2. The molecule has 0 aliphatic rings. The van der Waals surface area contributed by atoms with Gasteiger partial charge in [-0.1, -0.05) is 0 Å². The van der Waals surface area contributed by atoms with Gasteiger partial charge in [-0.3, -0.25) is 5.32 Å². The summed E-state index contributed by atoms with van der Waals surface area (Å²) in [7, 11) is 0. The largest absolute Gasteiger partial charge is 0.399 e. The zero-order valence-corrected chi connectivity index (χ0v) is 7.90. The first-order valence-corrected chi connectivity index (χ1v) is 4.38. The van der Waals surface area contributed by atoms with Crippen LogP contribution in [0.5, 0.6) is 0 Å². The van der Waals surface area contributed by atoms with Gasteiger partial charge in [0.15, 0.2) is 0 Å². The number of nitrogens with two attached hydrogens (primary N) is 2. The van der Waals surface area contributed by atoms with Crippen molar-refractivity contribution in [3.05, 3.63) is 30.3 Å². The maximum absolute atomic E-state index is 10.6. The van der Waals surface area contributed by atoms with Crippen LogP contribution in [-0.4, -0.2) is 11.0 Å². The van der Waals surface area contributed by atoms with E-state index in [-0.39, 0.29) is 0 Å². The molecule has 0 fully saturated rings. The Morgan fingerprint density at radius 3 is 2.80 bits per heavy atom. The molecule has 1 aromatic heterocycles. The molecule has 0 atom stereocenters. The first kappa shape index (κ1) is 9.26. The number of nitrogen functional groups attached to an aromatic ring is 1. The predicted octanol–water partition coefficient (Wildman–Crippen LogP) is 1.31. The number of hydrogen-bond acceptors (Lipinski definition) is 3. The number of rotatable bonds is 1. The quantitative estimate of drug-likeness (QED) is 0.608. The van der Waals surface area contributed by atoms with E-state index in [0.717, 1.165) is 10.9 Å². The van der Waals surface area contributed by atoms with Crippen LogP contribution in [0.15, 0.2) is 30.3 Å². The van der Waals surface area contributed by atoms with Crippen LogP contribution in [0.4, 0.5) is 16.3 Å². The van der Waals surface area contributed by atoms with Gasteiger partial charge in [-0.25, -0.2) is 9.78 Å². The number of aromatic nitrogens is 1. The molecule has 2 aromatic rings. The molecule has 0 unspecified atom stereocenters. The lowest BCUT2D eigenvalue weighted by Gasteiger charge is -2.03. The molecule has 0 saturated heterocycles. The zero-order valence-electron chi connectivity index (χ0n) is 7.90. The Labute approximate surface area is 86.1 Å². The zero-order chi connectivity index (χ0) is 10.8. The molecule has 76 valence electrons. The highest BCUT2D eigenvalue weighted by atomic mass is 16.2. The maximum atomic E-state index is 10.6. The Hall–Kier alpha value is -2.30. The van der Waals surface area contributed by atoms with E-state index in [0.29, 0.717) is 11.5 Å². The van der Waals surface area contributed by atoms with Crippen molar-refractivity contribution in [3.8, 4) is 0 Å². The monoisotopic (exact) mass is 202 g/mol. The van der Waals surface area contributed by atoms with Crippen LogP contribution in [0, 0.1) is 0 Å². The van der Waals surface area contributed by atoms with Crippen LogP contribution in [0.2, 0.25) is 0 Å². The molecule has 2 rings (SSSR count). The molecule has 5 N–H and O–H groups in total. The number of urea groups is 1. The van der Waals surface area contributed by atoms with Gasteiger partial charge in [0.25, 0.3) is 0 Å². The Morgan fingerprint density at radius 1 is 1.27 bits per heavy atom. The van der Waals surface area contributed by atoms with E-state index in [9.17, 15) is 4.79 Å². The summed E-state index contributed by atoms with van der Waals surface area (Å²) < 4.78 is 0. The molecule has 1 aromatic carbocycles. The molecule has 5 heteroatoms. The van der Waals surface area contributed by atoms with Gasteiger partial charge in [-0.2, -0.15) is 0 Å². The number of fused-ring (bicyclic) bond motifs is 1. The minimum Gasteiger partial charge on any atom is -0.399 e. The number of anilines is 2. The summed E-state index contributed by atoms with van der Waals surface area (Å²) in [5, 5.41) is 3.33. The Balaban J connectivity index is 2.47. The first-order chi connectivity index (χ1) is 7.15. The summed E-state index contributed by atoms with van der Waals surface area (Å²) in [6.07, 6.45) is 0. The standard InChI is InChI=1S/C10H10N4O/c11-7-2-3-8-6(5-7)1-4-9(13-8)14-10(12)15/h1-5H,11H2,(H3,12,13,14,15). The van der Waals surface area contributed by atoms with Crippen LogP contribution in [-0.2, 0) is 0 Å². The second kappa shape index (κ2) is 3.45. The number of hydrogen-bond donors (Lipinski definition) is 3. The minimum absolute atomic E-state index is 0.430. The summed E-state index contributed by atoms with van der Waals surface area (Å²) in [5.41, 5.74) is 12.0. The number of pyridine rings is 1. The number of carbonyl (C=O) groups is 1. The second-order valence-corrected chi connectivity index (χ2v) is 3.14. The van der Waals surface area contributed by atoms with E-state index in [4.69, 9.17) is 11.5 Å². The van der Waals surface area contributed by atoms with E-state index in [1.54, 1.807) is 18.2 Å². The normalized spacial score (nSPS) is 10.1. The SMILES string of the molecule is NC(=O)Nc1ccc2cc(N)ccc2n1. The van der Waals surface area contributed by atoms with Crippen LogP contribution in [0.3, 0.4) is 0 Å². The third-order valence-electron chi connectivity index (χ3n) is 1.96. The third-order valence-corrected chi connectivity index (χ3v) is 1.96. The number of primary amides is 1. The molecule has 1 heterocycles. The molecule has 0 bridgehead atoms. The molecule has 0 aliphatic heterocycles. The van der Waals surface area contributed by atoms with Crippen molar-refractivity contribution in [2.75, 3.05) is 11.1 Å². The van der Waals surface area contributed by atoms with Gasteiger partial charge in [0.1, 0.15) is 5.82 Å². The van der Waals surface area contributed by atoms with Gasteiger partial charge in [-0.15, -0.1) is 0 Å². The van der Waals surface area contributed by atoms with Crippen molar-refractivity contribution in [2.45, 2.75) is 0 Å². The van der Waals surface area contributed by atoms with Crippen molar-refractivity contribution in [1.29, 1.82) is 0 Å². The maximum Gasteiger partial charge on any atom is 0.317 e. The number of nitrogens with one attached hydrogen (secondary N) is 1. The number of amides is 2. The van der Waals surface area contributed by atoms with Crippen molar-refractivity contribution in [1.82, 2.24) is 4.98 Å². The van der Waals surface area contributed by atoms with Gasteiger partial charge in [0.2, 0.25) is 0 Å². The van der Waals surface area contributed by atoms with Crippen molar-refractivity contribution in [2.24, 2.45) is 5.73 Å². The fraction of sp³-hybridized carbons (Fsp3) is 0. The molecule has 15 heavy (non-hydrogen) atoms. The lowest BCUT2D eigenvalue weighted by Crippen LogP contribution is -2.19. The molecule has 2 amide bonds. The fourth-order valence-corrected chi connectivity index (χ4v) is 1.34. The van der Waals surface area contributed by atoms with Crippen LogP contribution in [0.25, 0.3) is 10.9 Å². The lowest BCUT2D eigenvalue weighted by molar-refractivity contribution is 0.259. The summed E-state index contributed by atoms with van der Waals surface area (Å²) in [4.78, 5) is 14.8. The van der Waals surface area contributed by atoms with E-state index in [1.807, 2.05) is 12.1 Å². The minimum atomic E-state index is -0.628. The highest BCUT2D eigenvalue weighted by Gasteiger charge is 2.00. The molecule has 5 nitrogen and oxygen atoms in total. The van der Waals surface area contributed by atoms with Gasteiger partial charge in [0.05, 0.1) is 5.52 Å². The van der Waals surface area contributed by atoms with E-state index < -0.39 is 6.03 Å². The molecule has 0 saturated carbocycles. The molecule has 0 radical (unpaired) electrons. The Bertz CT molecular complexity index is 524.